The molecular formula is C15H13Cl2NO. The van der Waals surface area contributed by atoms with Crippen molar-refractivity contribution in [2.24, 2.45) is 0 Å². The van der Waals surface area contributed by atoms with Gasteiger partial charge in [0.25, 0.3) is 0 Å². The van der Waals surface area contributed by atoms with Gasteiger partial charge in [0.05, 0.1) is 0 Å². The third-order valence-electron chi connectivity index (χ3n) is 2.85. The highest BCUT2D eigenvalue weighted by Crippen LogP contribution is 2.26. The first kappa shape index (κ1) is 13.9. The molecule has 2 nitrogen and oxygen atoms in total. The molecule has 0 saturated heterocycles. The van der Waals surface area contributed by atoms with E-state index in [1.54, 1.807) is 18.2 Å². The van der Waals surface area contributed by atoms with Gasteiger partial charge in [-0.25, -0.2) is 0 Å². The Morgan fingerprint density at radius 2 is 1.79 bits per heavy atom. The van der Waals surface area contributed by atoms with Crippen LogP contribution >= 0.6 is 23.2 Å². The molecule has 1 atom stereocenters. The van der Waals surface area contributed by atoms with Crippen LogP contribution in [0.4, 0.5) is 5.69 Å². The molecule has 19 heavy (non-hydrogen) atoms. The van der Waals surface area contributed by atoms with Gasteiger partial charge in [-0.1, -0.05) is 48.0 Å². The highest BCUT2D eigenvalue weighted by Gasteiger charge is 2.18. The molecule has 0 aliphatic rings. The largest absolute Gasteiger partial charge is 0.324 e. The van der Waals surface area contributed by atoms with E-state index < -0.39 is 5.38 Å². The number of amides is 1. The van der Waals surface area contributed by atoms with E-state index in [9.17, 15) is 4.79 Å². The van der Waals surface area contributed by atoms with Crippen molar-refractivity contribution in [3.63, 3.8) is 0 Å². The molecule has 4 heteroatoms. The Morgan fingerprint density at radius 3 is 2.47 bits per heavy atom. The number of hydrogen-bond donors (Lipinski definition) is 1. The highest BCUT2D eigenvalue weighted by atomic mass is 35.5. The fourth-order valence-electron chi connectivity index (χ4n) is 1.71. The molecule has 2 aromatic rings. The molecule has 1 N–H and O–H groups in total. The van der Waals surface area contributed by atoms with Crippen LogP contribution in [0.5, 0.6) is 0 Å². The molecule has 2 aromatic carbocycles. The van der Waals surface area contributed by atoms with Crippen LogP contribution in [0.1, 0.15) is 16.5 Å². The zero-order chi connectivity index (χ0) is 13.8. The van der Waals surface area contributed by atoms with E-state index in [0.29, 0.717) is 10.7 Å². The van der Waals surface area contributed by atoms with Gasteiger partial charge in [0.2, 0.25) is 5.91 Å². The molecule has 98 valence electrons. The van der Waals surface area contributed by atoms with Crippen molar-refractivity contribution in [3.05, 3.63) is 64.7 Å². The lowest BCUT2D eigenvalue weighted by molar-refractivity contribution is -0.116. The van der Waals surface area contributed by atoms with Crippen molar-refractivity contribution >= 4 is 34.8 Å². The first-order chi connectivity index (χ1) is 9.09. The first-order valence-electron chi connectivity index (χ1n) is 5.84. The summed E-state index contributed by atoms with van der Waals surface area (Å²) in [5, 5.41) is 2.69. The van der Waals surface area contributed by atoms with Gasteiger partial charge in [0.1, 0.15) is 5.38 Å². The minimum atomic E-state index is -0.723. The summed E-state index contributed by atoms with van der Waals surface area (Å²) < 4.78 is 0. The van der Waals surface area contributed by atoms with Gasteiger partial charge in [0.15, 0.2) is 0 Å². The molecule has 0 unspecified atom stereocenters. The minimum absolute atomic E-state index is 0.266. The minimum Gasteiger partial charge on any atom is -0.324 e. The Bertz CT molecular complexity index is 584. The summed E-state index contributed by atoms with van der Waals surface area (Å²) in [5.74, 6) is -0.266. The number of benzene rings is 2. The molecule has 0 fully saturated rings. The van der Waals surface area contributed by atoms with Gasteiger partial charge >= 0.3 is 0 Å². The molecule has 0 aromatic heterocycles. The summed E-state index contributed by atoms with van der Waals surface area (Å²) in [6.07, 6.45) is 0. The Labute approximate surface area is 122 Å². The summed E-state index contributed by atoms with van der Waals surface area (Å²) in [6, 6.07) is 14.6. The highest BCUT2D eigenvalue weighted by molar-refractivity contribution is 6.33. The second kappa shape index (κ2) is 6.09. The average molecular weight is 294 g/mol. The fraction of sp³-hybridized carbons (Fsp3) is 0.133. The quantitative estimate of drug-likeness (QED) is 0.826. The predicted octanol–water partition coefficient (Wildman–Crippen LogP) is 4.57. The van der Waals surface area contributed by atoms with Crippen LogP contribution in [0.3, 0.4) is 0 Å². The summed E-state index contributed by atoms with van der Waals surface area (Å²) >= 11 is 12.2. The average Bonchev–Trinajstić information content (AvgIpc) is 2.44. The van der Waals surface area contributed by atoms with Crippen LogP contribution in [-0.4, -0.2) is 5.91 Å². The van der Waals surface area contributed by atoms with Crippen LogP contribution in [0.15, 0.2) is 48.5 Å². The van der Waals surface area contributed by atoms with Gasteiger partial charge in [-0.3, -0.25) is 4.79 Å². The maximum absolute atomic E-state index is 12.1. The van der Waals surface area contributed by atoms with E-state index in [2.05, 4.69) is 5.32 Å². The van der Waals surface area contributed by atoms with E-state index in [4.69, 9.17) is 23.2 Å². The van der Waals surface area contributed by atoms with Gasteiger partial charge in [-0.05, 0) is 30.2 Å². The monoisotopic (exact) mass is 293 g/mol. The first-order valence-corrected chi connectivity index (χ1v) is 6.66. The number of alkyl halides is 1. The molecule has 0 heterocycles. The standard InChI is InChI=1S/C15H13Cl2NO/c1-10-12(16)8-5-9-13(10)18-15(19)14(17)11-6-3-2-4-7-11/h2-9,14H,1H3,(H,18,19)/t14-/m0/s1. The molecule has 2 rings (SSSR count). The van der Waals surface area contributed by atoms with E-state index in [-0.39, 0.29) is 5.91 Å². The molecule has 0 aliphatic carbocycles. The maximum Gasteiger partial charge on any atom is 0.246 e. The van der Waals surface area contributed by atoms with Crippen LogP contribution in [-0.2, 0) is 4.79 Å². The molecule has 0 spiro atoms. The number of halogens is 2. The smallest absolute Gasteiger partial charge is 0.246 e. The van der Waals surface area contributed by atoms with E-state index in [1.807, 2.05) is 37.3 Å². The molecule has 0 bridgehead atoms. The van der Waals surface area contributed by atoms with Crippen molar-refractivity contribution in [2.45, 2.75) is 12.3 Å². The lowest BCUT2D eigenvalue weighted by Crippen LogP contribution is -2.17. The third kappa shape index (κ3) is 3.28. The van der Waals surface area contributed by atoms with Crippen LogP contribution in [0, 0.1) is 6.92 Å². The molecular weight excluding hydrogens is 281 g/mol. The third-order valence-corrected chi connectivity index (χ3v) is 3.71. The fourth-order valence-corrected chi connectivity index (χ4v) is 2.09. The lowest BCUT2D eigenvalue weighted by Gasteiger charge is -2.13. The van der Waals surface area contributed by atoms with Gasteiger partial charge in [-0.15, -0.1) is 11.6 Å². The second-order valence-electron chi connectivity index (χ2n) is 4.17. The van der Waals surface area contributed by atoms with Gasteiger partial charge < -0.3 is 5.32 Å². The van der Waals surface area contributed by atoms with E-state index in [0.717, 1.165) is 11.1 Å². The molecule has 0 saturated carbocycles. The number of nitrogens with one attached hydrogen (secondary N) is 1. The van der Waals surface area contributed by atoms with E-state index >= 15 is 0 Å². The number of hydrogen-bond acceptors (Lipinski definition) is 1. The Balaban J connectivity index is 2.15. The SMILES string of the molecule is Cc1c(Cl)cccc1NC(=O)[C@@H](Cl)c1ccccc1. The van der Waals surface area contributed by atoms with Crippen molar-refractivity contribution in [1.29, 1.82) is 0 Å². The number of rotatable bonds is 3. The van der Waals surface area contributed by atoms with Crippen LogP contribution < -0.4 is 5.32 Å². The van der Waals surface area contributed by atoms with Crippen LogP contribution in [0.2, 0.25) is 5.02 Å². The zero-order valence-corrected chi connectivity index (χ0v) is 11.9. The second-order valence-corrected chi connectivity index (χ2v) is 5.02. The normalized spacial score (nSPS) is 11.9. The summed E-state index contributed by atoms with van der Waals surface area (Å²) in [4.78, 5) is 12.1. The van der Waals surface area contributed by atoms with Crippen molar-refractivity contribution < 1.29 is 4.79 Å². The van der Waals surface area contributed by atoms with Crippen molar-refractivity contribution in [3.8, 4) is 0 Å². The molecule has 0 radical (unpaired) electrons. The molecule has 0 aliphatic heterocycles. The number of carbonyl (C=O) groups is 1. The van der Waals surface area contributed by atoms with Gasteiger partial charge in [-0.2, -0.15) is 0 Å². The van der Waals surface area contributed by atoms with Crippen LogP contribution in [0.25, 0.3) is 0 Å². The van der Waals surface area contributed by atoms with Crippen molar-refractivity contribution in [2.75, 3.05) is 5.32 Å². The summed E-state index contributed by atoms with van der Waals surface area (Å²) in [7, 11) is 0. The predicted molar refractivity (Wildman–Crippen MR) is 79.9 cm³/mol. The Kier molecular flexibility index (Phi) is 4.46. The number of carbonyl (C=O) groups excluding carboxylic acids is 1. The maximum atomic E-state index is 12.1. The van der Waals surface area contributed by atoms with Gasteiger partial charge in [0, 0.05) is 10.7 Å². The Morgan fingerprint density at radius 1 is 1.11 bits per heavy atom. The number of anilines is 1. The van der Waals surface area contributed by atoms with E-state index in [1.165, 1.54) is 0 Å². The van der Waals surface area contributed by atoms with Crippen molar-refractivity contribution in [1.82, 2.24) is 0 Å². The lowest BCUT2D eigenvalue weighted by atomic mass is 10.1. The Hall–Kier alpha value is -1.51. The summed E-state index contributed by atoms with van der Waals surface area (Å²) in [6.45, 7) is 1.85. The topological polar surface area (TPSA) is 29.1 Å². The summed E-state index contributed by atoms with van der Waals surface area (Å²) in [5.41, 5.74) is 2.27. The zero-order valence-electron chi connectivity index (χ0n) is 10.4. The molecule has 1 amide bonds.